The Labute approximate surface area is 188 Å². The van der Waals surface area contributed by atoms with E-state index in [1.54, 1.807) is 0 Å². The molecule has 0 N–H and O–H groups in total. The Morgan fingerprint density at radius 2 is 1.16 bits per heavy atom. The maximum Gasteiger partial charge on any atom is 0.227 e. The van der Waals surface area contributed by atoms with Gasteiger partial charge in [0.25, 0.3) is 0 Å². The van der Waals surface area contributed by atoms with Crippen LogP contribution in [0.2, 0.25) is 5.02 Å². The molecule has 0 aliphatic heterocycles. The monoisotopic (exact) mass is 425 g/mol. The molecule has 0 atom stereocenters. The third-order valence-corrected chi connectivity index (χ3v) is 5.55. The minimum atomic E-state index is 0.106. The summed E-state index contributed by atoms with van der Waals surface area (Å²) in [6, 6.07) is 36.1. The van der Waals surface area contributed by atoms with E-state index >= 15 is 0 Å². The Kier molecular flexibility index (Phi) is 6.81. The normalized spacial score (nSPS) is 10.6. The van der Waals surface area contributed by atoms with E-state index in [0.717, 1.165) is 27.8 Å². The van der Waals surface area contributed by atoms with Crippen LogP contribution in [0.15, 0.2) is 109 Å². The van der Waals surface area contributed by atoms with Gasteiger partial charge >= 0.3 is 0 Å². The van der Waals surface area contributed by atoms with Crippen LogP contribution in [0.5, 0.6) is 0 Å². The molecular formula is C28H24ClNO. The molecule has 0 spiro atoms. The quantitative estimate of drug-likeness (QED) is 0.319. The molecule has 0 aliphatic carbocycles. The molecule has 4 aromatic carbocycles. The largest absolute Gasteiger partial charge is 0.334 e. The third kappa shape index (κ3) is 5.62. The van der Waals surface area contributed by atoms with Crippen molar-refractivity contribution >= 4 is 17.5 Å². The minimum Gasteiger partial charge on any atom is -0.334 e. The molecule has 0 radical (unpaired) electrons. The number of benzene rings is 4. The molecule has 0 saturated heterocycles. The SMILES string of the molecule is O=C(Cc1ccccc1-c1ccc(Cl)cc1)N(Cc1ccccc1)Cc1ccccc1. The fourth-order valence-electron chi connectivity index (χ4n) is 3.70. The van der Waals surface area contributed by atoms with Gasteiger partial charge in [0.05, 0.1) is 6.42 Å². The zero-order valence-corrected chi connectivity index (χ0v) is 18.0. The topological polar surface area (TPSA) is 20.3 Å². The number of hydrogen-bond donors (Lipinski definition) is 0. The van der Waals surface area contributed by atoms with Crippen LogP contribution in [0.4, 0.5) is 0 Å². The first-order chi connectivity index (χ1) is 15.2. The number of carbonyl (C=O) groups is 1. The van der Waals surface area contributed by atoms with E-state index in [2.05, 4.69) is 30.3 Å². The zero-order chi connectivity index (χ0) is 21.5. The summed E-state index contributed by atoms with van der Waals surface area (Å²) in [5, 5.41) is 0.703. The van der Waals surface area contributed by atoms with E-state index in [-0.39, 0.29) is 5.91 Å². The van der Waals surface area contributed by atoms with Gasteiger partial charge in [0.1, 0.15) is 0 Å². The van der Waals surface area contributed by atoms with E-state index in [0.29, 0.717) is 24.5 Å². The lowest BCUT2D eigenvalue weighted by molar-refractivity contribution is -0.131. The summed E-state index contributed by atoms with van der Waals surface area (Å²) in [7, 11) is 0. The first-order valence-corrected chi connectivity index (χ1v) is 10.8. The molecule has 2 nitrogen and oxygen atoms in total. The van der Waals surface area contributed by atoms with Crippen molar-refractivity contribution in [3.05, 3.63) is 131 Å². The maximum atomic E-state index is 13.5. The Hall–Kier alpha value is -3.36. The molecule has 1 amide bonds. The first kappa shape index (κ1) is 20.9. The van der Waals surface area contributed by atoms with Crippen LogP contribution in [0, 0.1) is 0 Å². The molecule has 0 heterocycles. The Morgan fingerprint density at radius 1 is 0.645 bits per heavy atom. The van der Waals surface area contributed by atoms with Crippen LogP contribution < -0.4 is 0 Å². The van der Waals surface area contributed by atoms with Crippen molar-refractivity contribution in [2.45, 2.75) is 19.5 Å². The molecule has 154 valence electrons. The van der Waals surface area contributed by atoms with Crippen LogP contribution in [0.25, 0.3) is 11.1 Å². The first-order valence-electron chi connectivity index (χ1n) is 10.4. The Balaban J connectivity index is 1.59. The maximum absolute atomic E-state index is 13.5. The lowest BCUT2D eigenvalue weighted by atomic mass is 9.97. The van der Waals surface area contributed by atoms with Crippen molar-refractivity contribution in [2.24, 2.45) is 0 Å². The highest BCUT2D eigenvalue weighted by Gasteiger charge is 2.17. The molecule has 0 fully saturated rings. The molecule has 31 heavy (non-hydrogen) atoms. The van der Waals surface area contributed by atoms with Crippen molar-refractivity contribution in [3.8, 4) is 11.1 Å². The molecular weight excluding hydrogens is 402 g/mol. The summed E-state index contributed by atoms with van der Waals surface area (Å²) in [4.78, 5) is 15.4. The number of nitrogens with zero attached hydrogens (tertiary/aromatic N) is 1. The smallest absolute Gasteiger partial charge is 0.227 e. The van der Waals surface area contributed by atoms with Crippen molar-refractivity contribution in [2.75, 3.05) is 0 Å². The Morgan fingerprint density at radius 3 is 1.74 bits per heavy atom. The predicted molar refractivity (Wildman–Crippen MR) is 128 cm³/mol. The van der Waals surface area contributed by atoms with Crippen LogP contribution in [-0.2, 0) is 24.3 Å². The molecule has 0 aliphatic rings. The lowest BCUT2D eigenvalue weighted by Crippen LogP contribution is -2.31. The van der Waals surface area contributed by atoms with Gasteiger partial charge in [0, 0.05) is 18.1 Å². The van der Waals surface area contributed by atoms with Crippen LogP contribution in [0.1, 0.15) is 16.7 Å². The van der Waals surface area contributed by atoms with E-state index < -0.39 is 0 Å². The van der Waals surface area contributed by atoms with Gasteiger partial charge in [-0.2, -0.15) is 0 Å². The van der Waals surface area contributed by atoms with Gasteiger partial charge in [-0.05, 0) is 39.9 Å². The molecule has 4 rings (SSSR count). The summed E-state index contributed by atoms with van der Waals surface area (Å²) in [5.74, 6) is 0.106. The summed E-state index contributed by atoms with van der Waals surface area (Å²) in [6.07, 6.45) is 0.346. The zero-order valence-electron chi connectivity index (χ0n) is 17.2. The molecule has 0 saturated carbocycles. The van der Waals surface area contributed by atoms with E-state index in [4.69, 9.17) is 11.6 Å². The molecule has 0 unspecified atom stereocenters. The van der Waals surface area contributed by atoms with Gasteiger partial charge in [0.2, 0.25) is 5.91 Å². The standard InChI is InChI=1S/C28H24ClNO/c29-26-17-15-24(16-18-26)27-14-8-7-13-25(27)19-28(31)30(20-22-9-3-1-4-10-22)21-23-11-5-2-6-12-23/h1-18H,19-21H2. The van der Waals surface area contributed by atoms with E-state index in [9.17, 15) is 4.79 Å². The van der Waals surface area contributed by atoms with Crippen LogP contribution in [-0.4, -0.2) is 10.8 Å². The van der Waals surface area contributed by atoms with Crippen molar-refractivity contribution in [3.63, 3.8) is 0 Å². The lowest BCUT2D eigenvalue weighted by Gasteiger charge is -2.24. The highest BCUT2D eigenvalue weighted by atomic mass is 35.5. The van der Waals surface area contributed by atoms with Gasteiger partial charge in [-0.1, -0.05) is 109 Å². The fraction of sp³-hybridized carbons (Fsp3) is 0.107. The second-order valence-corrected chi connectivity index (χ2v) is 8.00. The minimum absolute atomic E-state index is 0.106. The summed E-state index contributed by atoms with van der Waals surface area (Å²) in [5.41, 5.74) is 5.38. The van der Waals surface area contributed by atoms with Gasteiger partial charge < -0.3 is 4.90 Å². The number of amides is 1. The Bertz CT molecular complexity index is 1080. The molecule has 3 heteroatoms. The number of halogens is 1. The third-order valence-electron chi connectivity index (χ3n) is 5.30. The van der Waals surface area contributed by atoms with Gasteiger partial charge in [-0.15, -0.1) is 0 Å². The van der Waals surface area contributed by atoms with Crippen LogP contribution in [0.3, 0.4) is 0 Å². The summed E-state index contributed by atoms with van der Waals surface area (Å²) >= 11 is 6.06. The molecule has 0 bridgehead atoms. The van der Waals surface area contributed by atoms with Gasteiger partial charge in [-0.25, -0.2) is 0 Å². The average molecular weight is 426 g/mol. The predicted octanol–water partition coefficient (Wildman–Crippen LogP) is 6.78. The number of rotatable bonds is 7. The van der Waals surface area contributed by atoms with Gasteiger partial charge in [-0.3, -0.25) is 4.79 Å². The fourth-order valence-corrected chi connectivity index (χ4v) is 3.83. The number of carbonyl (C=O) groups excluding carboxylic acids is 1. The molecule has 0 aromatic heterocycles. The van der Waals surface area contributed by atoms with E-state index in [1.165, 1.54) is 0 Å². The van der Waals surface area contributed by atoms with Crippen LogP contribution >= 0.6 is 11.6 Å². The average Bonchev–Trinajstić information content (AvgIpc) is 2.81. The number of hydrogen-bond acceptors (Lipinski definition) is 1. The van der Waals surface area contributed by atoms with Crippen molar-refractivity contribution in [1.82, 2.24) is 4.90 Å². The summed E-state index contributed by atoms with van der Waals surface area (Å²) < 4.78 is 0. The highest BCUT2D eigenvalue weighted by Crippen LogP contribution is 2.26. The van der Waals surface area contributed by atoms with Crippen molar-refractivity contribution < 1.29 is 4.79 Å². The summed E-state index contributed by atoms with van der Waals surface area (Å²) in [6.45, 7) is 1.16. The highest BCUT2D eigenvalue weighted by molar-refractivity contribution is 6.30. The van der Waals surface area contributed by atoms with Gasteiger partial charge in [0.15, 0.2) is 0 Å². The molecule has 4 aromatic rings. The second kappa shape index (κ2) is 10.1. The van der Waals surface area contributed by atoms with Crippen molar-refractivity contribution in [1.29, 1.82) is 0 Å². The second-order valence-electron chi connectivity index (χ2n) is 7.56. The van der Waals surface area contributed by atoms with E-state index in [1.807, 2.05) is 83.8 Å².